The molecule has 15 heavy (non-hydrogen) atoms. The SMILES string of the molecule is COC(=O)c1ccc(C2(O)CC(N)C2)o1. The van der Waals surface area contributed by atoms with E-state index in [1.807, 2.05) is 0 Å². The van der Waals surface area contributed by atoms with Crippen LogP contribution in [0.15, 0.2) is 16.5 Å². The number of hydrogen-bond donors (Lipinski definition) is 2. The van der Waals surface area contributed by atoms with Crippen LogP contribution in [0.5, 0.6) is 0 Å². The van der Waals surface area contributed by atoms with Gasteiger partial charge in [0.1, 0.15) is 11.4 Å². The fourth-order valence-electron chi connectivity index (χ4n) is 1.81. The van der Waals surface area contributed by atoms with Crippen molar-refractivity contribution in [2.75, 3.05) is 7.11 Å². The standard InChI is InChI=1S/C10H13NO4/c1-14-9(12)7-2-3-8(15-7)10(13)4-6(11)5-10/h2-3,6,13H,4-5,11H2,1H3. The van der Waals surface area contributed by atoms with Crippen molar-refractivity contribution in [1.29, 1.82) is 0 Å². The third-order valence-corrected chi connectivity index (χ3v) is 2.65. The molecule has 1 heterocycles. The lowest BCUT2D eigenvalue weighted by Gasteiger charge is -2.39. The van der Waals surface area contributed by atoms with Crippen LogP contribution in [0.25, 0.3) is 0 Å². The Kier molecular flexibility index (Phi) is 2.28. The highest BCUT2D eigenvalue weighted by molar-refractivity contribution is 5.86. The van der Waals surface area contributed by atoms with Gasteiger partial charge in [-0.25, -0.2) is 4.79 Å². The third-order valence-electron chi connectivity index (χ3n) is 2.65. The molecule has 82 valence electrons. The Bertz CT molecular complexity index is 379. The molecule has 1 fully saturated rings. The van der Waals surface area contributed by atoms with Crippen LogP contribution in [-0.2, 0) is 10.3 Å². The van der Waals surface area contributed by atoms with Crippen molar-refractivity contribution in [2.24, 2.45) is 5.73 Å². The summed E-state index contributed by atoms with van der Waals surface area (Å²) in [4.78, 5) is 11.1. The fourth-order valence-corrected chi connectivity index (χ4v) is 1.81. The van der Waals surface area contributed by atoms with Gasteiger partial charge in [-0.05, 0) is 25.0 Å². The maximum atomic E-state index is 11.1. The second-order valence-electron chi connectivity index (χ2n) is 3.86. The molecular formula is C10H13NO4. The zero-order chi connectivity index (χ0) is 11.1. The van der Waals surface area contributed by atoms with Gasteiger partial charge in [0.25, 0.3) is 0 Å². The molecule has 0 aromatic carbocycles. The zero-order valence-corrected chi connectivity index (χ0v) is 8.40. The number of methoxy groups -OCH3 is 1. The quantitative estimate of drug-likeness (QED) is 0.690. The molecule has 1 aromatic heterocycles. The Hall–Kier alpha value is -1.33. The normalized spacial score (nSPS) is 29.7. The Labute approximate surface area is 86.8 Å². The van der Waals surface area contributed by atoms with Gasteiger partial charge in [0.05, 0.1) is 7.11 Å². The van der Waals surface area contributed by atoms with Gasteiger partial charge in [-0.2, -0.15) is 0 Å². The summed E-state index contributed by atoms with van der Waals surface area (Å²) in [5.74, 6) is -0.0699. The van der Waals surface area contributed by atoms with Gasteiger partial charge in [-0.3, -0.25) is 0 Å². The number of carbonyl (C=O) groups excluding carboxylic acids is 1. The summed E-state index contributed by atoms with van der Waals surface area (Å²) >= 11 is 0. The molecule has 0 unspecified atom stereocenters. The average molecular weight is 211 g/mol. The summed E-state index contributed by atoms with van der Waals surface area (Å²) in [5.41, 5.74) is 4.58. The van der Waals surface area contributed by atoms with Gasteiger partial charge in [0.15, 0.2) is 0 Å². The number of nitrogens with two attached hydrogens (primary N) is 1. The lowest BCUT2D eigenvalue weighted by molar-refractivity contribution is -0.0696. The van der Waals surface area contributed by atoms with E-state index in [4.69, 9.17) is 10.2 Å². The number of esters is 1. The number of rotatable bonds is 2. The number of furan rings is 1. The highest BCUT2D eigenvalue weighted by atomic mass is 16.5. The smallest absolute Gasteiger partial charge is 0.373 e. The second kappa shape index (κ2) is 3.36. The van der Waals surface area contributed by atoms with Gasteiger partial charge in [0, 0.05) is 6.04 Å². The molecule has 2 rings (SSSR count). The van der Waals surface area contributed by atoms with Crippen LogP contribution in [-0.4, -0.2) is 24.2 Å². The van der Waals surface area contributed by atoms with E-state index < -0.39 is 11.6 Å². The maximum absolute atomic E-state index is 11.1. The maximum Gasteiger partial charge on any atom is 0.373 e. The van der Waals surface area contributed by atoms with E-state index in [0.717, 1.165) is 0 Å². The van der Waals surface area contributed by atoms with Crippen molar-refractivity contribution in [1.82, 2.24) is 0 Å². The van der Waals surface area contributed by atoms with Crippen molar-refractivity contribution in [3.8, 4) is 0 Å². The predicted molar refractivity (Wildman–Crippen MR) is 51.2 cm³/mol. The van der Waals surface area contributed by atoms with Crippen molar-refractivity contribution in [2.45, 2.75) is 24.5 Å². The number of aliphatic hydroxyl groups is 1. The molecule has 0 radical (unpaired) electrons. The summed E-state index contributed by atoms with van der Waals surface area (Å²) in [6.45, 7) is 0. The molecule has 1 aliphatic rings. The molecule has 1 aliphatic carbocycles. The van der Waals surface area contributed by atoms with Gasteiger partial charge in [-0.1, -0.05) is 0 Å². The summed E-state index contributed by atoms with van der Waals surface area (Å²) in [6, 6.07) is 3.07. The first-order valence-electron chi connectivity index (χ1n) is 4.72. The van der Waals surface area contributed by atoms with Crippen molar-refractivity contribution < 1.29 is 19.1 Å². The molecular weight excluding hydrogens is 198 g/mol. The summed E-state index contributed by atoms with van der Waals surface area (Å²) in [7, 11) is 1.28. The van der Waals surface area contributed by atoms with Gasteiger partial charge in [-0.15, -0.1) is 0 Å². The monoisotopic (exact) mass is 211 g/mol. The molecule has 0 saturated heterocycles. The summed E-state index contributed by atoms with van der Waals surface area (Å²) in [5, 5.41) is 9.99. The van der Waals surface area contributed by atoms with Crippen LogP contribution < -0.4 is 5.73 Å². The Morgan fingerprint density at radius 1 is 1.67 bits per heavy atom. The lowest BCUT2D eigenvalue weighted by Crippen LogP contribution is -2.48. The highest BCUT2D eigenvalue weighted by Gasteiger charge is 2.45. The van der Waals surface area contributed by atoms with Crippen LogP contribution >= 0.6 is 0 Å². The van der Waals surface area contributed by atoms with Crippen LogP contribution in [0.4, 0.5) is 0 Å². The van der Waals surface area contributed by atoms with E-state index in [1.165, 1.54) is 13.2 Å². The van der Waals surface area contributed by atoms with Gasteiger partial charge < -0.3 is 20.0 Å². The molecule has 5 nitrogen and oxygen atoms in total. The Morgan fingerprint density at radius 3 is 2.87 bits per heavy atom. The molecule has 0 spiro atoms. The summed E-state index contributed by atoms with van der Waals surface area (Å²) in [6.07, 6.45) is 0.919. The highest BCUT2D eigenvalue weighted by Crippen LogP contribution is 2.40. The Balaban J connectivity index is 2.17. The van der Waals surface area contributed by atoms with Crippen molar-refractivity contribution in [3.05, 3.63) is 23.7 Å². The summed E-state index contributed by atoms with van der Waals surface area (Å²) < 4.78 is 9.71. The largest absolute Gasteiger partial charge is 0.463 e. The first-order chi connectivity index (χ1) is 7.05. The molecule has 5 heteroatoms. The minimum Gasteiger partial charge on any atom is -0.463 e. The van der Waals surface area contributed by atoms with E-state index in [-0.39, 0.29) is 11.8 Å². The van der Waals surface area contributed by atoms with E-state index in [2.05, 4.69) is 4.74 Å². The predicted octanol–water partition coefficient (Wildman–Crippen LogP) is 0.375. The average Bonchev–Trinajstić information content (AvgIpc) is 2.63. The molecule has 0 atom stereocenters. The van der Waals surface area contributed by atoms with Crippen LogP contribution in [0.3, 0.4) is 0 Å². The van der Waals surface area contributed by atoms with Gasteiger partial charge in [0.2, 0.25) is 5.76 Å². The van der Waals surface area contributed by atoms with E-state index >= 15 is 0 Å². The Morgan fingerprint density at radius 2 is 2.33 bits per heavy atom. The number of hydrogen-bond acceptors (Lipinski definition) is 5. The van der Waals surface area contributed by atoms with E-state index in [1.54, 1.807) is 6.07 Å². The fraction of sp³-hybridized carbons (Fsp3) is 0.500. The molecule has 0 bridgehead atoms. The number of ether oxygens (including phenoxy) is 1. The minimum atomic E-state index is -1.01. The lowest BCUT2D eigenvalue weighted by atomic mass is 9.75. The number of carbonyl (C=O) groups is 1. The van der Waals surface area contributed by atoms with E-state index in [9.17, 15) is 9.90 Å². The van der Waals surface area contributed by atoms with Crippen molar-refractivity contribution in [3.63, 3.8) is 0 Å². The van der Waals surface area contributed by atoms with Crippen LogP contribution in [0.2, 0.25) is 0 Å². The van der Waals surface area contributed by atoms with Crippen molar-refractivity contribution >= 4 is 5.97 Å². The molecule has 3 N–H and O–H groups in total. The minimum absolute atomic E-state index is 0.00155. The van der Waals surface area contributed by atoms with Crippen LogP contribution in [0.1, 0.15) is 29.2 Å². The van der Waals surface area contributed by atoms with Gasteiger partial charge >= 0.3 is 5.97 Å². The van der Waals surface area contributed by atoms with E-state index in [0.29, 0.717) is 18.6 Å². The topological polar surface area (TPSA) is 85.7 Å². The third kappa shape index (κ3) is 1.64. The molecule has 1 saturated carbocycles. The second-order valence-corrected chi connectivity index (χ2v) is 3.86. The van der Waals surface area contributed by atoms with Crippen LogP contribution in [0, 0.1) is 0 Å². The molecule has 0 aliphatic heterocycles. The first-order valence-corrected chi connectivity index (χ1v) is 4.72. The zero-order valence-electron chi connectivity index (χ0n) is 8.40. The first kappa shape index (κ1) is 10.2. The molecule has 0 amide bonds. The molecule has 1 aromatic rings.